The predicted molar refractivity (Wildman–Crippen MR) is 74.9 cm³/mol. The van der Waals surface area contributed by atoms with Crippen LogP contribution in [0.1, 0.15) is 22.4 Å². The van der Waals surface area contributed by atoms with E-state index in [4.69, 9.17) is 16.3 Å². The van der Waals surface area contributed by atoms with E-state index in [9.17, 15) is 5.11 Å². The minimum atomic E-state index is -0.0967. The minimum Gasteiger partial charge on any atom is -0.439 e. The van der Waals surface area contributed by atoms with Gasteiger partial charge in [0, 0.05) is 12.1 Å². The first kappa shape index (κ1) is 13.9. The molecule has 102 valence electrons. The molecule has 0 radical (unpaired) electrons. The Balaban J connectivity index is 2.42. The van der Waals surface area contributed by atoms with Crippen molar-refractivity contribution in [1.82, 2.24) is 9.78 Å². The van der Waals surface area contributed by atoms with Crippen molar-refractivity contribution in [3.63, 3.8) is 0 Å². The molecule has 0 spiro atoms. The van der Waals surface area contributed by atoms with E-state index in [1.165, 1.54) is 0 Å². The topological polar surface area (TPSA) is 47.3 Å². The molecular weight excluding hydrogens is 264 g/mol. The molecule has 2 rings (SSSR count). The molecule has 1 N–H and O–H groups in total. The maximum atomic E-state index is 9.39. The minimum absolute atomic E-state index is 0.0967. The van der Waals surface area contributed by atoms with Gasteiger partial charge in [-0.15, -0.1) is 0 Å². The van der Waals surface area contributed by atoms with Crippen LogP contribution in [0.15, 0.2) is 12.1 Å². The normalized spacial score (nSPS) is 10.8. The van der Waals surface area contributed by atoms with E-state index in [0.29, 0.717) is 17.2 Å². The van der Waals surface area contributed by atoms with Gasteiger partial charge in [-0.2, -0.15) is 5.10 Å². The fourth-order valence-electron chi connectivity index (χ4n) is 2.07. The van der Waals surface area contributed by atoms with Gasteiger partial charge in [0.1, 0.15) is 5.75 Å². The van der Waals surface area contributed by atoms with Gasteiger partial charge in [-0.1, -0.05) is 11.6 Å². The lowest BCUT2D eigenvalue weighted by atomic mass is 10.1. The molecule has 1 heterocycles. The lowest BCUT2D eigenvalue weighted by Crippen LogP contribution is -1.98. The van der Waals surface area contributed by atoms with Gasteiger partial charge in [-0.25, -0.2) is 4.68 Å². The summed E-state index contributed by atoms with van der Waals surface area (Å²) in [6.45, 7) is 5.62. The second-order valence-corrected chi connectivity index (χ2v) is 5.00. The standard InChI is InChI=1S/C14H17ClN2O2/c1-8-5-11(6-9(2)13(8)15)19-14-12(7-18)10(3)16-17(14)4/h5-6,18H,7H2,1-4H3. The third-order valence-electron chi connectivity index (χ3n) is 3.07. The Kier molecular flexibility index (Phi) is 3.83. The Hall–Kier alpha value is -1.52. The largest absolute Gasteiger partial charge is 0.439 e. The van der Waals surface area contributed by atoms with Crippen LogP contribution in [0.5, 0.6) is 11.6 Å². The van der Waals surface area contributed by atoms with Gasteiger partial charge in [-0.3, -0.25) is 0 Å². The quantitative estimate of drug-likeness (QED) is 0.938. The van der Waals surface area contributed by atoms with Crippen molar-refractivity contribution in [3.05, 3.63) is 39.5 Å². The number of aliphatic hydroxyl groups is 1. The van der Waals surface area contributed by atoms with Crippen LogP contribution in [0.2, 0.25) is 5.02 Å². The number of benzene rings is 1. The molecule has 0 bridgehead atoms. The Labute approximate surface area is 117 Å². The number of rotatable bonds is 3. The van der Waals surface area contributed by atoms with Crippen LogP contribution in [0.4, 0.5) is 0 Å². The number of aromatic nitrogens is 2. The molecule has 19 heavy (non-hydrogen) atoms. The van der Waals surface area contributed by atoms with Gasteiger partial charge in [0.15, 0.2) is 0 Å². The van der Waals surface area contributed by atoms with E-state index >= 15 is 0 Å². The zero-order valence-corrected chi connectivity index (χ0v) is 12.2. The molecule has 0 saturated carbocycles. The maximum absolute atomic E-state index is 9.39. The number of hydrogen-bond acceptors (Lipinski definition) is 3. The summed E-state index contributed by atoms with van der Waals surface area (Å²) in [7, 11) is 1.79. The molecule has 0 aliphatic rings. The van der Waals surface area contributed by atoms with Crippen LogP contribution in [0.25, 0.3) is 0 Å². The summed E-state index contributed by atoms with van der Waals surface area (Å²) >= 11 is 6.13. The van der Waals surface area contributed by atoms with Gasteiger partial charge in [0.05, 0.1) is 17.9 Å². The molecule has 5 heteroatoms. The van der Waals surface area contributed by atoms with Gasteiger partial charge in [0.25, 0.3) is 0 Å². The van der Waals surface area contributed by atoms with E-state index < -0.39 is 0 Å². The van der Waals surface area contributed by atoms with Crippen LogP contribution < -0.4 is 4.74 Å². The summed E-state index contributed by atoms with van der Waals surface area (Å²) in [5.74, 6) is 1.25. The zero-order chi connectivity index (χ0) is 14.2. The second kappa shape index (κ2) is 5.23. The Bertz CT molecular complexity index is 597. The van der Waals surface area contributed by atoms with Crippen molar-refractivity contribution < 1.29 is 9.84 Å². The average Bonchev–Trinajstić information content (AvgIpc) is 2.60. The van der Waals surface area contributed by atoms with Crippen LogP contribution in [-0.2, 0) is 13.7 Å². The molecule has 0 aliphatic heterocycles. The first-order valence-electron chi connectivity index (χ1n) is 6.02. The second-order valence-electron chi connectivity index (χ2n) is 4.62. The van der Waals surface area contributed by atoms with Gasteiger partial charge in [0.2, 0.25) is 5.88 Å². The number of nitrogens with zero attached hydrogens (tertiary/aromatic N) is 2. The molecule has 0 fully saturated rings. The highest BCUT2D eigenvalue weighted by atomic mass is 35.5. The van der Waals surface area contributed by atoms with Crippen molar-refractivity contribution >= 4 is 11.6 Å². The van der Waals surface area contributed by atoms with Crippen molar-refractivity contribution in [2.45, 2.75) is 27.4 Å². The van der Waals surface area contributed by atoms with Crippen LogP contribution in [-0.4, -0.2) is 14.9 Å². The number of hydrogen-bond donors (Lipinski definition) is 1. The summed E-state index contributed by atoms with van der Waals surface area (Å²) in [5.41, 5.74) is 3.39. The first-order valence-corrected chi connectivity index (χ1v) is 6.39. The molecule has 0 unspecified atom stereocenters. The highest BCUT2D eigenvalue weighted by molar-refractivity contribution is 6.32. The summed E-state index contributed by atoms with van der Waals surface area (Å²) in [6.07, 6.45) is 0. The molecule has 1 aromatic heterocycles. The molecule has 2 aromatic rings. The SMILES string of the molecule is Cc1cc(Oc2c(CO)c(C)nn2C)cc(C)c1Cl. The monoisotopic (exact) mass is 280 g/mol. The van der Waals surface area contributed by atoms with E-state index in [0.717, 1.165) is 21.8 Å². The molecule has 0 amide bonds. The van der Waals surface area contributed by atoms with Gasteiger partial charge < -0.3 is 9.84 Å². The van der Waals surface area contributed by atoms with E-state index in [2.05, 4.69) is 5.10 Å². The predicted octanol–water partition coefficient (Wildman–Crippen LogP) is 3.28. The lowest BCUT2D eigenvalue weighted by Gasteiger charge is -2.10. The Morgan fingerprint density at radius 2 is 1.84 bits per heavy atom. The first-order chi connectivity index (χ1) is 8.93. The fourth-order valence-corrected chi connectivity index (χ4v) is 2.18. The molecule has 0 aliphatic carbocycles. The zero-order valence-electron chi connectivity index (χ0n) is 11.5. The number of aliphatic hydroxyl groups excluding tert-OH is 1. The van der Waals surface area contributed by atoms with Crippen molar-refractivity contribution in [2.24, 2.45) is 7.05 Å². The summed E-state index contributed by atoms with van der Waals surface area (Å²) in [4.78, 5) is 0. The average molecular weight is 281 g/mol. The third-order valence-corrected chi connectivity index (χ3v) is 3.67. The number of halogens is 1. The Morgan fingerprint density at radius 3 is 2.37 bits per heavy atom. The van der Waals surface area contributed by atoms with Crippen LogP contribution >= 0.6 is 11.6 Å². The lowest BCUT2D eigenvalue weighted by molar-refractivity contribution is 0.274. The van der Waals surface area contributed by atoms with Gasteiger partial charge >= 0.3 is 0 Å². The smallest absolute Gasteiger partial charge is 0.223 e. The summed E-state index contributed by atoms with van der Waals surface area (Å²) in [6, 6.07) is 3.75. The van der Waals surface area contributed by atoms with Crippen molar-refractivity contribution in [2.75, 3.05) is 0 Å². The van der Waals surface area contributed by atoms with Gasteiger partial charge in [-0.05, 0) is 44.0 Å². The molecule has 0 atom stereocenters. The number of aryl methyl sites for hydroxylation is 4. The fraction of sp³-hybridized carbons (Fsp3) is 0.357. The van der Waals surface area contributed by atoms with Crippen molar-refractivity contribution in [3.8, 4) is 11.6 Å². The van der Waals surface area contributed by atoms with E-state index in [1.54, 1.807) is 11.7 Å². The van der Waals surface area contributed by atoms with Crippen molar-refractivity contribution in [1.29, 1.82) is 0 Å². The van der Waals surface area contributed by atoms with Crippen LogP contribution in [0, 0.1) is 20.8 Å². The highest BCUT2D eigenvalue weighted by Crippen LogP contribution is 2.31. The Morgan fingerprint density at radius 1 is 1.26 bits per heavy atom. The summed E-state index contributed by atoms with van der Waals surface area (Å²) < 4.78 is 7.48. The molecule has 4 nitrogen and oxygen atoms in total. The number of ether oxygens (including phenoxy) is 1. The summed E-state index contributed by atoms with van der Waals surface area (Å²) in [5, 5.41) is 14.4. The van der Waals surface area contributed by atoms with Crippen LogP contribution in [0.3, 0.4) is 0 Å². The maximum Gasteiger partial charge on any atom is 0.223 e. The highest BCUT2D eigenvalue weighted by Gasteiger charge is 2.15. The third kappa shape index (κ3) is 2.60. The molecule has 1 aromatic carbocycles. The van der Waals surface area contributed by atoms with E-state index in [-0.39, 0.29) is 6.61 Å². The molecule has 0 saturated heterocycles. The van der Waals surface area contributed by atoms with E-state index in [1.807, 2.05) is 32.9 Å². The molecular formula is C14H17ClN2O2.